The molecule has 132 valence electrons. The number of fused-ring (bicyclic) bond motifs is 2. The molecule has 25 heavy (non-hydrogen) atoms. The predicted octanol–water partition coefficient (Wildman–Crippen LogP) is 4.73. The normalized spacial score (nSPS) is 22.6. The third-order valence-corrected chi connectivity index (χ3v) is 6.60. The van der Waals surface area contributed by atoms with Crippen molar-refractivity contribution >= 4 is 63.0 Å². The summed E-state index contributed by atoms with van der Waals surface area (Å²) in [6.45, 7) is 2.45. The Bertz CT molecular complexity index is 858. The van der Waals surface area contributed by atoms with Crippen LogP contribution in [0, 0.1) is 0 Å². The van der Waals surface area contributed by atoms with Gasteiger partial charge in [0, 0.05) is 18.5 Å². The van der Waals surface area contributed by atoms with E-state index >= 15 is 0 Å². The molecule has 1 saturated heterocycles. The molecular weight excluding hydrogens is 403 g/mol. The van der Waals surface area contributed by atoms with Gasteiger partial charge in [-0.05, 0) is 37.7 Å². The molecule has 1 aromatic carbocycles. The molecule has 1 fully saturated rings. The molecule has 0 saturated carbocycles. The number of amides is 2. The van der Waals surface area contributed by atoms with Gasteiger partial charge < -0.3 is 4.90 Å². The monoisotopic (exact) mass is 416 g/mol. The van der Waals surface area contributed by atoms with Gasteiger partial charge in [-0.15, -0.1) is 0 Å². The minimum Gasteiger partial charge on any atom is -0.305 e. The largest absolute Gasteiger partial charge is 0.328 e. The number of hydrogen-bond acceptors (Lipinski definition) is 4. The van der Waals surface area contributed by atoms with E-state index < -0.39 is 0 Å². The first-order valence-corrected chi connectivity index (χ1v) is 9.71. The average molecular weight is 418 g/mol. The van der Waals surface area contributed by atoms with Crippen LogP contribution in [0.1, 0.15) is 12.0 Å². The van der Waals surface area contributed by atoms with Gasteiger partial charge >= 0.3 is 6.03 Å². The third-order valence-electron chi connectivity index (χ3n) is 4.84. The quantitative estimate of drug-likeness (QED) is 0.730. The van der Waals surface area contributed by atoms with Crippen LogP contribution < -0.4 is 10.2 Å². The number of thiazole rings is 1. The summed E-state index contributed by atoms with van der Waals surface area (Å²) >= 11 is 19.6. The van der Waals surface area contributed by atoms with E-state index in [1.165, 1.54) is 17.5 Å². The maximum atomic E-state index is 12.9. The minimum atomic E-state index is -0.239. The summed E-state index contributed by atoms with van der Waals surface area (Å²) in [7, 11) is 2.09. The fraction of sp³-hybridized carbons (Fsp3) is 0.375. The Morgan fingerprint density at radius 3 is 2.68 bits per heavy atom. The molecular formula is C16H15Cl3N4OS. The van der Waals surface area contributed by atoms with Crippen LogP contribution in [0.4, 0.5) is 15.6 Å². The number of carbonyl (C=O) groups excluding carboxylic acids is 1. The minimum absolute atomic E-state index is 0.115. The summed E-state index contributed by atoms with van der Waals surface area (Å²) in [5.41, 5.74) is 1.78. The van der Waals surface area contributed by atoms with E-state index in [4.69, 9.17) is 34.8 Å². The van der Waals surface area contributed by atoms with Gasteiger partial charge in [-0.3, -0.25) is 10.2 Å². The first kappa shape index (κ1) is 17.4. The van der Waals surface area contributed by atoms with Gasteiger partial charge in [-0.2, -0.15) is 0 Å². The van der Waals surface area contributed by atoms with E-state index in [0.717, 1.165) is 30.8 Å². The van der Waals surface area contributed by atoms with Crippen molar-refractivity contribution in [1.29, 1.82) is 0 Å². The smallest absolute Gasteiger partial charge is 0.305 e. The molecule has 1 aromatic heterocycles. The van der Waals surface area contributed by atoms with E-state index in [-0.39, 0.29) is 11.4 Å². The first-order valence-electron chi connectivity index (χ1n) is 7.76. The summed E-state index contributed by atoms with van der Waals surface area (Å²) < 4.78 is 0.529. The van der Waals surface area contributed by atoms with Gasteiger partial charge in [0.25, 0.3) is 0 Å². The molecule has 3 heterocycles. The van der Waals surface area contributed by atoms with Crippen LogP contribution in [0.2, 0.25) is 14.4 Å². The molecule has 0 radical (unpaired) electrons. The lowest BCUT2D eigenvalue weighted by atomic mass is 9.81. The zero-order chi connectivity index (χ0) is 17.8. The number of carbonyl (C=O) groups is 1. The highest BCUT2D eigenvalue weighted by Gasteiger charge is 2.48. The number of likely N-dealkylation sites (N-methyl/N-ethyl adjacent to an activating group) is 1. The average Bonchev–Trinajstić information content (AvgIpc) is 3.21. The maximum absolute atomic E-state index is 12.9. The van der Waals surface area contributed by atoms with Crippen molar-refractivity contribution in [3.63, 3.8) is 0 Å². The van der Waals surface area contributed by atoms with Crippen LogP contribution in [-0.4, -0.2) is 42.6 Å². The van der Waals surface area contributed by atoms with Crippen molar-refractivity contribution < 1.29 is 4.79 Å². The van der Waals surface area contributed by atoms with Crippen molar-refractivity contribution in [2.45, 2.75) is 11.8 Å². The van der Waals surface area contributed by atoms with Crippen molar-refractivity contribution in [3.8, 4) is 0 Å². The van der Waals surface area contributed by atoms with Gasteiger partial charge in [-0.25, -0.2) is 9.78 Å². The molecule has 5 nitrogen and oxygen atoms in total. The fourth-order valence-corrected chi connectivity index (χ4v) is 4.86. The molecule has 0 bridgehead atoms. The van der Waals surface area contributed by atoms with Gasteiger partial charge in [-0.1, -0.05) is 46.1 Å². The fourth-order valence-electron chi connectivity index (χ4n) is 3.74. The maximum Gasteiger partial charge on any atom is 0.328 e. The molecule has 1 spiro atoms. The second-order valence-electron chi connectivity index (χ2n) is 6.54. The summed E-state index contributed by atoms with van der Waals surface area (Å²) in [6.07, 6.45) is 2.49. The molecule has 1 atom stereocenters. The Morgan fingerprint density at radius 2 is 2.04 bits per heavy atom. The third kappa shape index (κ3) is 3.00. The summed E-state index contributed by atoms with van der Waals surface area (Å²) in [5, 5.41) is 4.25. The lowest BCUT2D eigenvalue weighted by molar-refractivity contribution is 0.256. The van der Waals surface area contributed by atoms with E-state index in [9.17, 15) is 4.79 Å². The number of nitrogens with one attached hydrogen (secondary N) is 1. The Hall–Kier alpha value is -1.05. The van der Waals surface area contributed by atoms with E-state index in [1.54, 1.807) is 11.0 Å². The number of likely N-dealkylation sites (tertiary alicyclic amines) is 1. The molecule has 1 N–H and O–H groups in total. The molecule has 4 rings (SSSR count). The lowest BCUT2D eigenvalue weighted by Gasteiger charge is -2.25. The van der Waals surface area contributed by atoms with E-state index in [1.807, 2.05) is 6.07 Å². The second-order valence-corrected chi connectivity index (χ2v) is 9.01. The highest BCUT2D eigenvalue weighted by molar-refractivity contribution is 7.19. The van der Waals surface area contributed by atoms with Crippen molar-refractivity contribution in [3.05, 3.63) is 38.3 Å². The highest BCUT2D eigenvalue weighted by atomic mass is 35.5. The van der Waals surface area contributed by atoms with Crippen LogP contribution in [0.5, 0.6) is 0 Å². The summed E-state index contributed by atoms with van der Waals surface area (Å²) in [5.74, 6) is 0. The molecule has 2 aromatic rings. The Balaban J connectivity index is 1.70. The van der Waals surface area contributed by atoms with Crippen LogP contribution >= 0.6 is 46.1 Å². The number of rotatable bonds is 1. The van der Waals surface area contributed by atoms with E-state index in [0.29, 0.717) is 26.1 Å². The Labute approximate surface area is 164 Å². The Morgan fingerprint density at radius 1 is 1.28 bits per heavy atom. The summed E-state index contributed by atoms with van der Waals surface area (Å²) in [6, 6.07) is 3.45. The molecule has 0 unspecified atom stereocenters. The van der Waals surface area contributed by atoms with Crippen molar-refractivity contribution in [2.75, 3.05) is 36.9 Å². The molecule has 2 aliphatic heterocycles. The van der Waals surface area contributed by atoms with E-state index in [2.05, 4.69) is 22.2 Å². The number of nitrogens with zero attached hydrogens (tertiary/aromatic N) is 3. The molecule has 2 amide bonds. The topological polar surface area (TPSA) is 48.5 Å². The second kappa shape index (κ2) is 6.28. The number of halogens is 3. The van der Waals surface area contributed by atoms with Crippen LogP contribution in [0.15, 0.2) is 18.3 Å². The van der Waals surface area contributed by atoms with Crippen LogP contribution in [0.3, 0.4) is 0 Å². The Kier molecular flexibility index (Phi) is 4.37. The van der Waals surface area contributed by atoms with Gasteiger partial charge in [0.05, 0.1) is 21.9 Å². The molecule has 2 aliphatic rings. The molecule has 9 heteroatoms. The lowest BCUT2D eigenvalue weighted by Crippen LogP contribution is -2.40. The van der Waals surface area contributed by atoms with Crippen LogP contribution in [-0.2, 0) is 5.41 Å². The zero-order valence-electron chi connectivity index (χ0n) is 13.4. The molecule has 0 aliphatic carbocycles. The first-order chi connectivity index (χ1) is 11.9. The number of aromatic nitrogens is 1. The highest BCUT2D eigenvalue weighted by Crippen LogP contribution is 2.48. The number of benzene rings is 1. The zero-order valence-corrected chi connectivity index (χ0v) is 16.4. The van der Waals surface area contributed by atoms with Gasteiger partial charge in [0.2, 0.25) is 0 Å². The van der Waals surface area contributed by atoms with Gasteiger partial charge in [0.1, 0.15) is 4.34 Å². The standard InChI is InChI=1S/C16H15Cl3N4OS/c1-22-3-2-16(7-22)8-23(12-5-11(18)10(17)4-9(12)16)15(24)21-14-20-6-13(19)25-14/h4-6H,2-3,7-8H2,1H3,(H,20,21,24)/t16-/m0/s1. The van der Waals surface area contributed by atoms with Crippen molar-refractivity contribution in [1.82, 2.24) is 9.88 Å². The van der Waals surface area contributed by atoms with Gasteiger partial charge in [0.15, 0.2) is 5.13 Å². The van der Waals surface area contributed by atoms with Crippen molar-refractivity contribution in [2.24, 2.45) is 0 Å². The van der Waals surface area contributed by atoms with Crippen LogP contribution in [0.25, 0.3) is 0 Å². The SMILES string of the molecule is CN1CC[C@]2(C1)CN(C(=O)Nc1ncc(Cl)s1)c1cc(Cl)c(Cl)cc12. The predicted molar refractivity (Wildman–Crippen MR) is 104 cm³/mol. The number of anilines is 2. The summed E-state index contributed by atoms with van der Waals surface area (Å²) in [4.78, 5) is 20.9. The number of hydrogen-bond donors (Lipinski definition) is 1. The number of urea groups is 1.